The molecule has 1 aromatic carbocycles. The number of ether oxygens (including phenoxy) is 1. The lowest BCUT2D eigenvalue weighted by atomic mass is 10.2. The Morgan fingerprint density at radius 3 is 2.31 bits per heavy atom. The Balaban J connectivity index is 3.01. The van der Waals surface area contributed by atoms with Gasteiger partial charge in [-0.3, -0.25) is 0 Å². The maximum atomic E-state index is 12.0. The van der Waals surface area contributed by atoms with Crippen LogP contribution in [0.5, 0.6) is 5.75 Å². The lowest BCUT2D eigenvalue weighted by Gasteiger charge is -2.12. The van der Waals surface area contributed by atoms with Gasteiger partial charge in [0.15, 0.2) is 9.84 Å². The van der Waals surface area contributed by atoms with Crippen LogP contribution in [0.2, 0.25) is 0 Å². The zero-order valence-corrected chi connectivity index (χ0v) is 9.10. The molecule has 0 N–H and O–H groups in total. The Bertz CT molecular complexity index is 465. The molecule has 0 heterocycles. The fourth-order valence-electron chi connectivity index (χ4n) is 1.13. The van der Waals surface area contributed by atoms with Crippen molar-refractivity contribution in [2.75, 3.05) is 6.26 Å². The minimum Gasteiger partial charge on any atom is -0.405 e. The van der Waals surface area contributed by atoms with Crippen molar-refractivity contribution in [3.8, 4) is 5.75 Å². The minimum atomic E-state index is -4.83. The van der Waals surface area contributed by atoms with E-state index in [-0.39, 0.29) is 5.56 Å². The quantitative estimate of drug-likeness (QED) is 0.829. The Morgan fingerprint density at radius 1 is 1.25 bits per heavy atom. The summed E-state index contributed by atoms with van der Waals surface area (Å²) in [4.78, 5) is 0. The number of rotatable bonds is 3. The van der Waals surface area contributed by atoms with Gasteiger partial charge in [-0.15, -0.1) is 13.2 Å². The predicted octanol–water partition coefficient (Wildman–Crippen LogP) is 2.13. The number of hydrogen-bond acceptors (Lipinski definition) is 3. The van der Waals surface area contributed by atoms with Gasteiger partial charge >= 0.3 is 6.36 Å². The summed E-state index contributed by atoms with van der Waals surface area (Å²) in [5.74, 6) is -0.973. The van der Waals surface area contributed by atoms with E-state index < -0.39 is 27.7 Å². The summed E-state index contributed by atoms with van der Waals surface area (Å²) in [5.41, 5.74) is -0.0117. The van der Waals surface area contributed by atoms with Crippen LogP contribution >= 0.6 is 0 Å². The summed E-state index contributed by atoms with van der Waals surface area (Å²) < 4.78 is 61.6. The molecule has 0 amide bonds. The molecule has 0 aliphatic carbocycles. The summed E-state index contributed by atoms with van der Waals surface area (Å²) >= 11 is 0. The molecule has 0 aromatic heterocycles. The van der Waals surface area contributed by atoms with Gasteiger partial charge in [0.25, 0.3) is 0 Å². The summed E-state index contributed by atoms with van der Waals surface area (Å²) in [7, 11) is -3.40. The summed E-state index contributed by atoms with van der Waals surface area (Å²) in [6, 6.07) is 5.15. The highest BCUT2D eigenvalue weighted by Gasteiger charge is 2.32. The van der Waals surface area contributed by atoms with Crippen LogP contribution in [-0.4, -0.2) is 21.0 Å². The molecule has 0 saturated heterocycles. The van der Waals surface area contributed by atoms with Crippen LogP contribution in [0.4, 0.5) is 13.2 Å². The maximum Gasteiger partial charge on any atom is 0.573 e. The topological polar surface area (TPSA) is 43.4 Å². The normalized spacial score (nSPS) is 12.5. The lowest BCUT2D eigenvalue weighted by molar-refractivity contribution is -0.274. The van der Waals surface area contributed by atoms with Crippen LogP contribution < -0.4 is 4.74 Å². The monoisotopic (exact) mass is 254 g/mol. The molecule has 1 aromatic rings. The third kappa shape index (κ3) is 4.52. The van der Waals surface area contributed by atoms with E-state index in [0.717, 1.165) is 12.3 Å². The van der Waals surface area contributed by atoms with Gasteiger partial charge in [0, 0.05) is 11.8 Å². The minimum absolute atomic E-state index is 0.0117. The lowest BCUT2D eigenvalue weighted by Crippen LogP contribution is -2.18. The van der Waals surface area contributed by atoms with E-state index in [1.807, 2.05) is 0 Å². The van der Waals surface area contributed by atoms with E-state index in [9.17, 15) is 21.6 Å². The van der Waals surface area contributed by atoms with Crippen LogP contribution in [0.25, 0.3) is 0 Å². The number of halogens is 3. The first-order valence-corrected chi connectivity index (χ1v) is 6.25. The second kappa shape index (κ2) is 4.32. The number of para-hydroxylation sites is 1. The van der Waals surface area contributed by atoms with Gasteiger partial charge in [-0.1, -0.05) is 18.2 Å². The van der Waals surface area contributed by atoms with Crippen LogP contribution in [0.1, 0.15) is 5.56 Å². The second-order valence-corrected chi connectivity index (χ2v) is 5.37. The molecule has 1 rings (SSSR count). The first kappa shape index (κ1) is 12.8. The molecule has 0 aliphatic rings. The summed E-state index contributed by atoms with van der Waals surface area (Å²) in [6.45, 7) is 0. The highest BCUT2D eigenvalue weighted by Crippen LogP contribution is 2.27. The first-order chi connectivity index (χ1) is 7.17. The van der Waals surface area contributed by atoms with E-state index in [2.05, 4.69) is 4.74 Å². The van der Waals surface area contributed by atoms with Gasteiger partial charge in [-0.05, 0) is 6.07 Å². The van der Waals surface area contributed by atoms with Crippen molar-refractivity contribution in [1.82, 2.24) is 0 Å². The molecular weight excluding hydrogens is 245 g/mol. The Morgan fingerprint density at radius 2 is 1.81 bits per heavy atom. The number of benzene rings is 1. The van der Waals surface area contributed by atoms with Crippen molar-refractivity contribution in [2.24, 2.45) is 0 Å². The average molecular weight is 254 g/mol. The zero-order valence-electron chi connectivity index (χ0n) is 8.28. The van der Waals surface area contributed by atoms with E-state index >= 15 is 0 Å². The van der Waals surface area contributed by atoms with Crippen molar-refractivity contribution in [1.29, 1.82) is 0 Å². The highest BCUT2D eigenvalue weighted by molar-refractivity contribution is 7.89. The van der Waals surface area contributed by atoms with E-state index in [0.29, 0.717) is 0 Å². The van der Waals surface area contributed by atoms with Gasteiger partial charge in [-0.2, -0.15) is 0 Å². The number of sulfone groups is 1. The molecule has 90 valence electrons. The smallest absolute Gasteiger partial charge is 0.405 e. The summed E-state index contributed by atoms with van der Waals surface area (Å²) in [5, 5.41) is 0. The third-order valence-corrected chi connectivity index (χ3v) is 2.45. The highest BCUT2D eigenvalue weighted by atomic mass is 32.2. The number of hydrogen-bond donors (Lipinski definition) is 0. The van der Waals surface area contributed by atoms with E-state index in [1.54, 1.807) is 0 Å². The molecule has 16 heavy (non-hydrogen) atoms. The third-order valence-electron chi connectivity index (χ3n) is 1.62. The van der Waals surface area contributed by atoms with E-state index in [4.69, 9.17) is 0 Å². The fraction of sp³-hybridized carbons (Fsp3) is 0.333. The molecule has 0 saturated carbocycles. The molecule has 3 nitrogen and oxygen atoms in total. The summed E-state index contributed by atoms with van der Waals surface area (Å²) in [6.07, 6.45) is -3.88. The molecule has 0 radical (unpaired) electrons. The average Bonchev–Trinajstić information content (AvgIpc) is 2.03. The Labute approximate surface area is 90.8 Å². The standard InChI is InChI=1S/C9H9F3O3S/c1-16(13,14)6-7-4-2-3-5-8(7)15-9(10,11)12/h2-5H,6H2,1H3. The van der Waals surface area contributed by atoms with Crippen LogP contribution in [0.3, 0.4) is 0 Å². The van der Waals surface area contributed by atoms with Crippen molar-refractivity contribution in [2.45, 2.75) is 12.1 Å². The SMILES string of the molecule is CS(=O)(=O)Cc1ccccc1OC(F)(F)F. The fourth-order valence-corrected chi connectivity index (χ4v) is 1.93. The van der Waals surface area contributed by atoms with Gasteiger partial charge < -0.3 is 4.74 Å². The largest absolute Gasteiger partial charge is 0.573 e. The maximum absolute atomic E-state index is 12.0. The molecule has 0 fully saturated rings. The molecular formula is C9H9F3O3S. The Hall–Kier alpha value is -1.24. The molecule has 0 spiro atoms. The van der Waals surface area contributed by atoms with Gasteiger partial charge in [-0.25, -0.2) is 8.42 Å². The second-order valence-electron chi connectivity index (χ2n) is 3.23. The van der Waals surface area contributed by atoms with Gasteiger partial charge in [0.1, 0.15) is 5.75 Å². The molecule has 0 unspecified atom stereocenters. The van der Waals surface area contributed by atoms with Crippen LogP contribution in [0, 0.1) is 0 Å². The molecule has 7 heteroatoms. The van der Waals surface area contributed by atoms with Crippen molar-refractivity contribution in [3.63, 3.8) is 0 Å². The molecule has 0 aliphatic heterocycles. The van der Waals surface area contributed by atoms with Crippen molar-refractivity contribution in [3.05, 3.63) is 29.8 Å². The molecule has 0 bridgehead atoms. The molecule has 0 atom stereocenters. The van der Waals surface area contributed by atoms with Crippen LogP contribution in [-0.2, 0) is 15.6 Å². The Kier molecular flexibility index (Phi) is 3.47. The zero-order chi connectivity index (χ0) is 12.4. The predicted molar refractivity (Wildman–Crippen MR) is 51.7 cm³/mol. The van der Waals surface area contributed by atoms with Crippen LogP contribution in [0.15, 0.2) is 24.3 Å². The van der Waals surface area contributed by atoms with Crippen molar-refractivity contribution < 1.29 is 26.3 Å². The number of alkyl halides is 3. The van der Waals surface area contributed by atoms with E-state index in [1.165, 1.54) is 18.2 Å². The van der Waals surface area contributed by atoms with Gasteiger partial charge in [0.2, 0.25) is 0 Å². The van der Waals surface area contributed by atoms with Crippen molar-refractivity contribution >= 4 is 9.84 Å². The van der Waals surface area contributed by atoms with Gasteiger partial charge in [0.05, 0.1) is 5.75 Å². The first-order valence-electron chi connectivity index (χ1n) is 4.19.